The molecule has 5 nitrogen and oxygen atoms in total. The number of carbonyl (C=O) groups is 1. The van der Waals surface area contributed by atoms with Gasteiger partial charge in [0.1, 0.15) is 5.69 Å². The summed E-state index contributed by atoms with van der Waals surface area (Å²) in [5, 5.41) is 13.0. The molecule has 130 valence electrons. The third-order valence-corrected chi connectivity index (χ3v) is 5.60. The number of hydrogen-bond donors (Lipinski definition) is 2. The van der Waals surface area contributed by atoms with Gasteiger partial charge in [-0.1, -0.05) is 13.8 Å². The Hall–Kier alpha value is -0.850. The van der Waals surface area contributed by atoms with E-state index < -0.39 is 5.54 Å². The molecule has 1 aliphatic carbocycles. The minimum atomic E-state index is -0.650. The molecule has 2 N–H and O–H groups in total. The zero-order valence-electron chi connectivity index (χ0n) is 14.5. The molecule has 1 saturated carbocycles. The maximum atomic E-state index is 12.8. The molecule has 2 atom stereocenters. The molecule has 23 heavy (non-hydrogen) atoms. The standard InChI is InChI=1S/C17H27BrN2O3/c1-6-23-14-8-17(10-21,16(14,4)5)19-15(22)13-7-12(18)9-20(13)11(2)3/h7,9,11,14,21H,6,8,10H2,1-5H3,(H,19,22)/t14-,17+/m0/s1. The fourth-order valence-electron chi connectivity index (χ4n) is 3.34. The lowest BCUT2D eigenvalue weighted by Gasteiger charge is -2.60. The van der Waals surface area contributed by atoms with E-state index in [-0.39, 0.29) is 30.1 Å². The normalized spacial score (nSPS) is 26.2. The van der Waals surface area contributed by atoms with Gasteiger partial charge >= 0.3 is 0 Å². The summed E-state index contributed by atoms with van der Waals surface area (Å²) in [5.74, 6) is -0.165. The number of hydrogen-bond acceptors (Lipinski definition) is 3. The largest absolute Gasteiger partial charge is 0.394 e. The first-order chi connectivity index (χ1) is 10.7. The van der Waals surface area contributed by atoms with E-state index in [4.69, 9.17) is 4.74 Å². The van der Waals surface area contributed by atoms with Crippen LogP contribution in [0, 0.1) is 5.41 Å². The number of aliphatic hydroxyl groups is 1. The van der Waals surface area contributed by atoms with Gasteiger partial charge in [-0.15, -0.1) is 0 Å². The summed E-state index contributed by atoms with van der Waals surface area (Å²) in [7, 11) is 0. The van der Waals surface area contributed by atoms with Crippen LogP contribution in [0.3, 0.4) is 0 Å². The minimum Gasteiger partial charge on any atom is -0.394 e. The molecule has 1 amide bonds. The Morgan fingerprint density at radius 3 is 2.70 bits per heavy atom. The maximum Gasteiger partial charge on any atom is 0.268 e. The van der Waals surface area contributed by atoms with Crippen molar-refractivity contribution in [3.63, 3.8) is 0 Å². The lowest BCUT2D eigenvalue weighted by Crippen LogP contribution is -2.74. The zero-order valence-corrected chi connectivity index (χ0v) is 16.1. The van der Waals surface area contributed by atoms with Crippen LogP contribution in [-0.4, -0.2) is 40.4 Å². The first-order valence-corrected chi connectivity index (χ1v) is 8.90. The van der Waals surface area contributed by atoms with Crippen molar-refractivity contribution in [2.75, 3.05) is 13.2 Å². The lowest BCUT2D eigenvalue weighted by molar-refractivity contribution is -0.172. The highest BCUT2D eigenvalue weighted by molar-refractivity contribution is 9.10. The molecule has 0 aliphatic heterocycles. The summed E-state index contributed by atoms with van der Waals surface area (Å²) >= 11 is 3.43. The van der Waals surface area contributed by atoms with Gasteiger partial charge in [0, 0.05) is 35.2 Å². The van der Waals surface area contributed by atoms with Crippen molar-refractivity contribution in [1.29, 1.82) is 0 Å². The average molecular weight is 387 g/mol. The molecule has 1 aromatic rings. The van der Waals surface area contributed by atoms with Crippen LogP contribution in [-0.2, 0) is 4.74 Å². The van der Waals surface area contributed by atoms with Crippen molar-refractivity contribution in [1.82, 2.24) is 9.88 Å². The summed E-state index contributed by atoms with van der Waals surface area (Å²) in [5.41, 5.74) is -0.377. The molecule has 1 aliphatic rings. The number of nitrogens with one attached hydrogen (secondary N) is 1. The number of nitrogens with zero attached hydrogens (tertiary/aromatic N) is 1. The Balaban J connectivity index is 2.22. The molecule has 1 heterocycles. The second-order valence-corrected chi connectivity index (χ2v) is 8.02. The van der Waals surface area contributed by atoms with Crippen molar-refractivity contribution in [2.24, 2.45) is 5.41 Å². The number of carbonyl (C=O) groups excluding carboxylic acids is 1. The summed E-state index contributed by atoms with van der Waals surface area (Å²) < 4.78 is 8.53. The number of aromatic nitrogens is 1. The number of amides is 1. The van der Waals surface area contributed by atoms with Gasteiger partial charge in [-0.05, 0) is 42.8 Å². The third-order valence-electron chi connectivity index (χ3n) is 5.17. The number of halogens is 1. The Bertz CT molecular complexity index is 582. The minimum absolute atomic E-state index is 0.0450. The Morgan fingerprint density at radius 1 is 1.57 bits per heavy atom. The van der Waals surface area contributed by atoms with Crippen molar-refractivity contribution in [3.8, 4) is 0 Å². The molecule has 0 unspecified atom stereocenters. The lowest BCUT2D eigenvalue weighted by atomic mass is 9.54. The van der Waals surface area contributed by atoms with E-state index in [9.17, 15) is 9.90 Å². The fraction of sp³-hybridized carbons (Fsp3) is 0.706. The number of ether oxygens (including phenoxy) is 1. The SMILES string of the molecule is CCO[C@H]1C[C@](CO)(NC(=O)c2cc(Br)cn2C(C)C)C1(C)C. The molecule has 0 radical (unpaired) electrons. The van der Waals surface area contributed by atoms with Gasteiger partial charge in [-0.3, -0.25) is 4.79 Å². The molecular weight excluding hydrogens is 360 g/mol. The molecule has 0 bridgehead atoms. The average Bonchev–Trinajstić information content (AvgIpc) is 2.88. The smallest absolute Gasteiger partial charge is 0.268 e. The van der Waals surface area contributed by atoms with Gasteiger partial charge < -0.3 is 19.7 Å². The zero-order chi connectivity index (χ0) is 17.4. The van der Waals surface area contributed by atoms with E-state index in [1.165, 1.54) is 0 Å². The van der Waals surface area contributed by atoms with Gasteiger partial charge in [0.15, 0.2) is 0 Å². The van der Waals surface area contributed by atoms with Crippen LogP contribution in [0.4, 0.5) is 0 Å². The van der Waals surface area contributed by atoms with Gasteiger partial charge in [0.05, 0.1) is 18.2 Å². The van der Waals surface area contributed by atoms with Crippen LogP contribution in [0.15, 0.2) is 16.7 Å². The van der Waals surface area contributed by atoms with Crippen LogP contribution in [0.1, 0.15) is 57.6 Å². The predicted molar refractivity (Wildman–Crippen MR) is 93.6 cm³/mol. The molecule has 2 rings (SSSR count). The summed E-state index contributed by atoms with van der Waals surface area (Å²) in [4.78, 5) is 12.8. The molecule has 6 heteroatoms. The maximum absolute atomic E-state index is 12.8. The van der Waals surface area contributed by atoms with E-state index in [2.05, 4.69) is 21.2 Å². The molecular formula is C17H27BrN2O3. The quantitative estimate of drug-likeness (QED) is 0.789. The Labute approximate surface area is 146 Å². The van der Waals surface area contributed by atoms with Crippen LogP contribution in [0.5, 0.6) is 0 Å². The van der Waals surface area contributed by atoms with Gasteiger partial charge in [0.2, 0.25) is 0 Å². The highest BCUT2D eigenvalue weighted by Gasteiger charge is 2.61. The number of rotatable bonds is 6. The van der Waals surface area contributed by atoms with E-state index in [1.807, 2.05) is 51.4 Å². The topological polar surface area (TPSA) is 63.5 Å². The third kappa shape index (κ3) is 3.08. The van der Waals surface area contributed by atoms with Gasteiger partial charge in [0.25, 0.3) is 5.91 Å². The number of aliphatic hydroxyl groups excluding tert-OH is 1. The van der Waals surface area contributed by atoms with Crippen molar-refractivity contribution in [2.45, 2.75) is 58.7 Å². The monoisotopic (exact) mass is 386 g/mol. The first-order valence-electron chi connectivity index (χ1n) is 8.11. The molecule has 0 aromatic carbocycles. The predicted octanol–water partition coefficient (Wildman–Crippen LogP) is 3.13. The molecule has 0 spiro atoms. The molecule has 0 saturated heterocycles. The molecule has 1 aromatic heterocycles. The fourth-order valence-corrected chi connectivity index (χ4v) is 3.77. The summed E-state index contributed by atoms with van der Waals surface area (Å²) in [6.07, 6.45) is 2.57. The van der Waals surface area contributed by atoms with E-state index in [1.54, 1.807) is 0 Å². The summed E-state index contributed by atoms with van der Waals surface area (Å²) in [6.45, 7) is 10.6. The van der Waals surface area contributed by atoms with E-state index >= 15 is 0 Å². The van der Waals surface area contributed by atoms with E-state index in [0.29, 0.717) is 18.7 Å². The van der Waals surface area contributed by atoms with Gasteiger partial charge in [-0.25, -0.2) is 0 Å². The second kappa shape index (κ2) is 6.57. The van der Waals surface area contributed by atoms with Gasteiger partial charge in [-0.2, -0.15) is 0 Å². The van der Waals surface area contributed by atoms with Crippen LogP contribution >= 0.6 is 15.9 Å². The van der Waals surface area contributed by atoms with Crippen molar-refractivity contribution in [3.05, 3.63) is 22.4 Å². The first kappa shape index (κ1) is 18.5. The van der Waals surface area contributed by atoms with E-state index in [0.717, 1.165) is 4.47 Å². The summed E-state index contributed by atoms with van der Waals surface area (Å²) in [6, 6.07) is 1.99. The second-order valence-electron chi connectivity index (χ2n) is 7.11. The van der Waals surface area contributed by atoms with Crippen molar-refractivity contribution >= 4 is 21.8 Å². The highest BCUT2D eigenvalue weighted by Crippen LogP contribution is 2.51. The van der Waals surface area contributed by atoms with Crippen LogP contribution in [0.2, 0.25) is 0 Å². The van der Waals surface area contributed by atoms with Crippen LogP contribution in [0.25, 0.3) is 0 Å². The van der Waals surface area contributed by atoms with Crippen LogP contribution < -0.4 is 5.32 Å². The van der Waals surface area contributed by atoms with Crippen molar-refractivity contribution < 1.29 is 14.6 Å². The Kier molecular flexibility index (Phi) is 5.28. The molecule has 1 fully saturated rings. The highest BCUT2D eigenvalue weighted by atomic mass is 79.9. The Morgan fingerprint density at radius 2 is 2.22 bits per heavy atom.